The predicted octanol–water partition coefficient (Wildman–Crippen LogP) is 3.21. The van der Waals surface area contributed by atoms with Crippen molar-refractivity contribution in [2.75, 3.05) is 0 Å². The molecule has 0 spiro atoms. The molecule has 1 aromatic carbocycles. The standard InChI is InChI=1S/C13H13BrN2O/c14-9-5-4-8-6-12(16-11(8)7-9)13(17)15-10-2-1-3-10/h4-7,10,16H,1-3H2,(H,15,17). The second kappa shape index (κ2) is 4.18. The van der Waals surface area contributed by atoms with Gasteiger partial charge in [-0.1, -0.05) is 22.0 Å². The summed E-state index contributed by atoms with van der Waals surface area (Å²) in [5, 5.41) is 4.09. The van der Waals surface area contributed by atoms with E-state index in [0.717, 1.165) is 28.2 Å². The van der Waals surface area contributed by atoms with Crippen LogP contribution in [0.4, 0.5) is 0 Å². The molecule has 1 aromatic heterocycles. The number of hydrogen-bond acceptors (Lipinski definition) is 1. The number of halogens is 1. The molecule has 1 fully saturated rings. The number of rotatable bonds is 2. The van der Waals surface area contributed by atoms with Crippen molar-refractivity contribution in [3.05, 3.63) is 34.4 Å². The van der Waals surface area contributed by atoms with Crippen LogP contribution in [0.25, 0.3) is 10.9 Å². The second-order valence-electron chi connectivity index (χ2n) is 4.52. The van der Waals surface area contributed by atoms with Crippen LogP contribution in [-0.2, 0) is 0 Å². The normalized spacial score (nSPS) is 15.8. The van der Waals surface area contributed by atoms with Crippen LogP contribution >= 0.6 is 15.9 Å². The van der Waals surface area contributed by atoms with E-state index in [4.69, 9.17) is 0 Å². The van der Waals surface area contributed by atoms with Crippen molar-refractivity contribution in [1.29, 1.82) is 0 Å². The van der Waals surface area contributed by atoms with Crippen LogP contribution in [-0.4, -0.2) is 16.9 Å². The van der Waals surface area contributed by atoms with E-state index in [1.165, 1.54) is 6.42 Å². The molecule has 3 rings (SSSR count). The van der Waals surface area contributed by atoms with Crippen molar-refractivity contribution in [1.82, 2.24) is 10.3 Å². The molecule has 17 heavy (non-hydrogen) atoms. The fourth-order valence-electron chi connectivity index (χ4n) is 2.04. The van der Waals surface area contributed by atoms with Gasteiger partial charge in [0.15, 0.2) is 0 Å². The quantitative estimate of drug-likeness (QED) is 0.877. The first-order valence-electron chi connectivity index (χ1n) is 5.81. The first kappa shape index (κ1) is 10.8. The minimum Gasteiger partial charge on any atom is -0.350 e. The summed E-state index contributed by atoms with van der Waals surface area (Å²) in [6.45, 7) is 0. The topological polar surface area (TPSA) is 44.9 Å². The molecule has 4 heteroatoms. The number of aromatic nitrogens is 1. The van der Waals surface area contributed by atoms with E-state index < -0.39 is 0 Å². The van der Waals surface area contributed by atoms with E-state index in [2.05, 4.69) is 26.2 Å². The molecule has 1 saturated carbocycles. The molecule has 0 radical (unpaired) electrons. The summed E-state index contributed by atoms with van der Waals surface area (Å²) in [5.74, 6) is 0.00187. The van der Waals surface area contributed by atoms with Crippen molar-refractivity contribution in [3.8, 4) is 0 Å². The van der Waals surface area contributed by atoms with Crippen LogP contribution in [0.15, 0.2) is 28.7 Å². The van der Waals surface area contributed by atoms with Crippen LogP contribution in [0.2, 0.25) is 0 Å². The lowest BCUT2D eigenvalue weighted by atomic mass is 9.93. The fraction of sp³-hybridized carbons (Fsp3) is 0.308. The van der Waals surface area contributed by atoms with Gasteiger partial charge in [0.25, 0.3) is 5.91 Å². The average Bonchev–Trinajstić information content (AvgIpc) is 2.65. The zero-order chi connectivity index (χ0) is 11.8. The Morgan fingerprint density at radius 1 is 1.35 bits per heavy atom. The SMILES string of the molecule is O=C(NC1CCC1)c1cc2ccc(Br)cc2[nH]1. The predicted molar refractivity (Wildman–Crippen MR) is 71.1 cm³/mol. The van der Waals surface area contributed by atoms with Gasteiger partial charge in [0.1, 0.15) is 5.69 Å². The van der Waals surface area contributed by atoms with Gasteiger partial charge in [-0.05, 0) is 37.5 Å². The Bertz CT molecular complexity index is 572. The Morgan fingerprint density at radius 2 is 2.18 bits per heavy atom. The van der Waals surface area contributed by atoms with Gasteiger partial charge in [-0.25, -0.2) is 0 Å². The number of H-pyrrole nitrogens is 1. The van der Waals surface area contributed by atoms with E-state index in [1.54, 1.807) is 0 Å². The Kier molecular flexibility index (Phi) is 2.67. The Morgan fingerprint density at radius 3 is 2.88 bits per heavy atom. The summed E-state index contributed by atoms with van der Waals surface area (Å²) in [5.41, 5.74) is 1.63. The van der Waals surface area contributed by atoms with E-state index in [0.29, 0.717) is 11.7 Å². The highest BCUT2D eigenvalue weighted by Gasteiger charge is 2.20. The number of fused-ring (bicyclic) bond motifs is 1. The van der Waals surface area contributed by atoms with E-state index in [-0.39, 0.29) is 5.91 Å². The van der Waals surface area contributed by atoms with Crippen molar-refractivity contribution in [2.24, 2.45) is 0 Å². The van der Waals surface area contributed by atoms with Gasteiger partial charge in [0.05, 0.1) is 0 Å². The molecule has 0 aliphatic heterocycles. The van der Waals surface area contributed by atoms with Crippen LogP contribution in [0.5, 0.6) is 0 Å². The number of hydrogen-bond donors (Lipinski definition) is 2. The zero-order valence-corrected chi connectivity index (χ0v) is 10.9. The molecule has 2 aromatic rings. The number of carbonyl (C=O) groups is 1. The summed E-state index contributed by atoms with van der Waals surface area (Å²) in [6.07, 6.45) is 3.44. The third kappa shape index (κ3) is 2.09. The first-order chi connectivity index (χ1) is 8.22. The molecular weight excluding hydrogens is 280 g/mol. The molecular formula is C13H13BrN2O. The molecule has 2 N–H and O–H groups in total. The molecule has 0 bridgehead atoms. The average molecular weight is 293 g/mol. The van der Waals surface area contributed by atoms with E-state index in [9.17, 15) is 4.79 Å². The molecule has 0 saturated heterocycles. The van der Waals surface area contributed by atoms with Gasteiger partial charge in [0.2, 0.25) is 0 Å². The highest BCUT2D eigenvalue weighted by molar-refractivity contribution is 9.10. The number of amides is 1. The summed E-state index contributed by atoms with van der Waals surface area (Å²) < 4.78 is 1.01. The largest absolute Gasteiger partial charge is 0.350 e. The van der Waals surface area contributed by atoms with Crippen LogP contribution in [0.1, 0.15) is 29.8 Å². The highest BCUT2D eigenvalue weighted by Crippen LogP contribution is 2.22. The molecule has 0 unspecified atom stereocenters. The molecule has 1 amide bonds. The molecule has 88 valence electrons. The fourth-order valence-corrected chi connectivity index (χ4v) is 2.40. The monoisotopic (exact) mass is 292 g/mol. The Hall–Kier alpha value is -1.29. The van der Waals surface area contributed by atoms with Crippen molar-refractivity contribution in [3.63, 3.8) is 0 Å². The van der Waals surface area contributed by atoms with Crippen molar-refractivity contribution < 1.29 is 4.79 Å². The van der Waals surface area contributed by atoms with Crippen molar-refractivity contribution in [2.45, 2.75) is 25.3 Å². The van der Waals surface area contributed by atoms with Crippen molar-refractivity contribution >= 4 is 32.7 Å². The number of benzene rings is 1. The highest BCUT2D eigenvalue weighted by atomic mass is 79.9. The lowest BCUT2D eigenvalue weighted by molar-refractivity contribution is 0.0912. The molecule has 1 aliphatic rings. The third-order valence-electron chi connectivity index (χ3n) is 3.27. The first-order valence-corrected chi connectivity index (χ1v) is 6.61. The number of carbonyl (C=O) groups excluding carboxylic acids is 1. The van der Waals surface area contributed by atoms with Gasteiger partial charge in [-0.15, -0.1) is 0 Å². The third-order valence-corrected chi connectivity index (χ3v) is 3.76. The molecule has 1 aliphatic carbocycles. The van der Waals surface area contributed by atoms with Gasteiger partial charge < -0.3 is 10.3 Å². The minimum absolute atomic E-state index is 0.00187. The molecule has 0 atom stereocenters. The number of aromatic amines is 1. The minimum atomic E-state index is 0.00187. The van der Waals surface area contributed by atoms with E-state index >= 15 is 0 Å². The molecule has 1 heterocycles. The van der Waals surface area contributed by atoms with E-state index in [1.807, 2.05) is 24.3 Å². The lowest BCUT2D eigenvalue weighted by Crippen LogP contribution is -2.39. The maximum atomic E-state index is 11.9. The maximum absolute atomic E-state index is 11.9. The van der Waals surface area contributed by atoms with Crippen LogP contribution in [0.3, 0.4) is 0 Å². The summed E-state index contributed by atoms with van der Waals surface area (Å²) in [6, 6.07) is 8.23. The molecule has 3 nitrogen and oxygen atoms in total. The summed E-state index contributed by atoms with van der Waals surface area (Å²) in [4.78, 5) is 15.1. The van der Waals surface area contributed by atoms with Crippen LogP contribution in [0, 0.1) is 0 Å². The van der Waals surface area contributed by atoms with Gasteiger partial charge >= 0.3 is 0 Å². The maximum Gasteiger partial charge on any atom is 0.267 e. The van der Waals surface area contributed by atoms with Gasteiger partial charge in [-0.3, -0.25) is 4.79 Å². The zero-order valence-electron chi connectivity index (χ0n) is 9.29. The second-order valence-corrected chi connectivity index (χ2v) is 5.43. The van der Waals surface area contributed by atoms with Crippen LogP contribution < -0.4 is 5.32 Å². The van der Waals surface area contributed by atoms with Gasteiger partial charge in [0, 0.05) is 21.4 Å². The van der Waals surface area contributed by atoms with Gasteiger partial charge in [-0.2, -0.15) is 0 Å². The lowest BCUT2D eigenvalue weighted by Gasteiger charge is -2.25. The summed E-state index contributed by atoms with van der Waals surface area (Å²) >= 11 is 3.42. The smallest absolute Gasteiger partial charge is 0.267 e. The summed E-state index contributed by atoms with van der Waals surface area (Å²) in [7, 11) is 0. The Labute approximate surface area is 108 Å². The Balaban J connectivity index is 1.86. The number of nitrogens with one attached hydrogen (secondary N) is 2.